The SMILES string of the molecule is Cc1ccc(C(=O)O)cc1N=C1NC(=O)/C(=C/c2cccc(O)c2)S1. The van der Waals surface area contributed by atoms with Crippen LogP contribution in [-0.2, 0) is 4.79 Å². The molecule has 2 aromatic carbocycles. The van der Waals surface area contributed by atoms with Crippen molar-refractivity contribution in [3.8, 4) is 5.75 Å². The fourth-order valence-corrected chi connectivity index (χ4v) is 3.05. The monoisotopic (exact) mass is 354 g/mol. The van der Waals surface area contributed by atoms with Crippen molar-refractivity contribution in [2.75, 3.05) is 0 Å². The van der Waals surface area contributed by atoms with Gasteiger partial charge in [-0.25, -0.2) is 9.79 Å². The molecule has 0 aromatic heterocycles. The smallest absolute Gasteiger partial charge is 0.335 e. The molecule has 6 nitrogen and oxygen atoms in total. The molecule has 1 amide bonds. The third-order valence-electron chi connectivity index (χ3n) is 3.50. The van der Waals surface area contributed by atoms with Crippen LogP contribution in [0.25, 0.3) is 6.08 Å². The zero-order valence-corrected chi connectivity index (χ0v) is 14.0. The molecule has 0 radical (unpaired) electrons. The van der Waals surface area contributed by atoms with Crippen molar-refractivity contribution in [2.45, 2.75) is 6.92 Å². The number of thioether (sulfide) groups is 1. The van der Waals surface area contributed by atoms with Gasteiger partial charge < -0.3 is 15.5 Å². The van der Waals surface area contributed by atoms with E-state index in [1.54, 1.807) is 36.4 Å². The van der Waals surface area contributed by atoms with Gasteiger partial charge in [-0.1, -0.05) is 18.2 Å². The van der Waals surface area contributed by atoms with E-state index in [9.17, 15) is 14.7 Å². The van der Waals surface area contributed by atoms with Crippen LogP contribution in [0.5, 0.6) is 5.75 Å². The number of nitrogens with zero attached hydrogens (tertiary/aromatic N) is 1. The number of rotatable bonds is 3. The quantitative estimate of drug-likeness (QED) is 0.735. The summed E-state index contributed by atoms with van der Waals surface area (Å²) in [5, 5.41) is 21.6. The summed E-state index contributed by atoms with van der Waals surface area (Å²) in [6, 6.07) is 11.2. The van der Waals surface area contributed by atoms with Gasteiger partial charge in [0.25, 0.3) is 5.91 Å². The minimum absolute atomic E-state index is 0.118. The summed E-state index contributed by atoms with van der Waals surface area (Å²) in [7, 11) is 0. The number of benzene rings is 2. The van der Waals surface area contributed by atoms with Gasteiger partial charge in [0, 0.05) is 0 Å². The number of phenols is 1. The van der Waals surface area contributed by atoms with Crippen molar-refractivity contribution in [3.05, 3.63) is 64.1 Å². The first-order valence-electron chi connectivity index (χ1n) is 7.35. The normalized spacial score (nSPS) is 17.1. The molecule has 1 fully saturated rings. The van der Waals surface area contributed by atoms with Crippen molar-refractivity contribution in [3.63, 3.8) is 0 Å². The lowest BCUT2D eigenvalue weighted by Gasteiger charge is -2.03. The highest BCUT2D eigenvalue weighted by molar-refractivity contribution is 8.18. The molecule has 3 rings (SSSR count). The Labute approximate surface area is 147 Å². The molecule has 1 aliphatic heterocycles. The maximum atomic E-state index is 12.1. The third-order valence-corrected chi connectivity index (χ3v) is 4.41. The average Bonchev–Trinajstić information content (AvgIpc) is 2.89. The summed E-state index contributed by atoms with van der Waals surface area (Å²) in [4.78, 5) is 28.0. The highest BCUT2D eigenvalue weighted by Gasteiger charge is 2.24. The van der Waals surface area contributed by atoms with E-state index in [1.807, 2.05) is 6.92 Å². The van der Waals surface area contributed by atoms with Gasteiger partial charge in [-0.2, -0.15) is 0 Å². The Morgan fingerprint density at radius 2 is 2.04 bits per heavy atom. The number of hydrogen-bond donors (Lipinski definition) is 3. The topological polar surface area (TPSA) is 99.0 Å². The highest BCUT2D eigenvalue weighted by atomic mass is 32.2. The number of carboxylic acids is 1. The molecule has 126 valence electrons. The summed E-state index contributed by atoms with van der Waals surface area (Å²) in [5.41, 5.74) is 2.12. The zero-order chi connectivity index (χ0) is 18.0. The highest BCUT2D eigenvalue weighted by Crippen LogP contribution is 2.30. The molecule has 0 atom stereocenters. The van der Waals surface area contributed by atoms with Crippen molar-refractivity contribution in [2.24, 2.45) is 4.99 Å². The van der Waals surface area contributed by atoms with Crippen molar-refractivity contribution >= 4 is 40.6 Å². The lowest BCUT2D eigenvalue weighted by atomic mass is 10.1. The number of nitrogens with one attached hydrogen (secondary N) is 1. The Kier molecular flexibility index (Phi) is 4.58. The summed E-state index contributed by atoms with van der Waals surface area (Å²) in [6.45, 7) is 1.82. The number of amidine groups is 1. The molecule has 0 bridgehead atoms. The zero-order valence-electron chi connectivity index (χ0n) is 13.2. The van der Waals surface area contributed by atoms with E-state index in [0.29, 0.717) is 21.3 Å². The second-order valence-electron chi connectivity index (χ2n) is 5.38. The second kappa shape index (κ2) is 6.82. The maximum Gasteiger partial charge on any atom is 0.335 e. The summed E-state index contributed by atoms with van der Waals surface area (Å²) >= 11 is 1.16. The standard InChI is InChI=1S/C18H14N2O4S/c1-10-5-6-12(17(23)24)9-14(10)19-18-20-16(22)15(25-18)8-11-3-2-4-13(21)7-11/h2-9,21H,1H3,(H,23,24)(H,19,20,22)/b15-8-. The van der Waals surface area contributed by atoms with Crippen LogP contribution in [0.15, 0.2) is 52.4 Å². The van der Waals surface area contributed by atoms with Crippen molar-refractivity contribution in [1.82, 2.24) is 5.32 Å². The molecule has 2 aromatic rings. The average molecular weight is 354 g/mol. The van der Waals surface area contributed by atoms with Gasteiger partial charge in [0.1, 0.15) is 5.75 Å². The van der Waals surface area contributed by atoms with E-state index in [1.165, 1.54) is 12.1 Å². The summed E-state index contributed by atoms with van der Waals surface area (Å²) < 4.78 is 0. The summed E-state index contributed by atoms with van der Waals surface area (Å²) in [5.74, 6) is -1.21. The van der Waals surface area contributed by atoms with Gasteiger partial charge in [-0.15, -0.1) is 0 Å². The largest absolute Gasteiger partial charge is 0.508 e. The van der Waals surface area contributed by atoms with E-state index >= 15 is 0 Å². The Bertz CT molecular complexity index is 934. The molecule has 3 N–H and O–H groups in total. The Morgan fingerprint density at radius 3 is 2.76 bits per heavy atom. The molecule has 7 heteroatoms. The fraction of sp³-hybridized carbons (Fsp3) is 0.0556. The molecule has 0 saturated carbocycles. The van der Waals surface area contributed by atoms with E-state index in [4.69, 9.17) is 5.11 Å². The Balaban J connectivity index is 1.89. The van der Waals surface area contributed by atoms with Crippen LogP contribution in [0.4, 0.5) is 5.69 Å². The first-order chi connectivity index (χ1) is 11.9. The van der Waals surface area contributed by atoms with E-state index < -0.39 is 5.97 Å². The Morgan fingerprint density at radius 1 is 1.24 bits per heavy atom. The third kappa shape index (κ3) is 3.89. The number of aromatic carboxylic acids is 1. The van der Waals surface area contributed by atoms with E-state index in [-0.39, 0.29) is 17.2 Å². The molecule has 25 heavy (non-hydrogen) atoms. The fourth-order valence-electron chi connectivity index (χ4n) is 2.22. The molecule has 0 unspecified atom stereocenters. The second-order valence-corrected chi connectivity index (χ2v) is 6.41. The van der Waals surface area contributed by atoms with Crippen LogP contribution < -0.4 is 5.32 Å². The van der Waals surface area contributed by atoms with Crippen LogP contribution in [-0.4, -0.2) is 27.3 Å². The lowest BCUT2D eigenvalue weighted by molar-refractivity contribution is -0.115. The van der Waals surface area contributed by atoms with Crippen molar-refractivity contribution in [1.29, 1.82) is 0 Å². The van der Waals surface area contributed by atoms with Gasteiger partial charge in [0.2, 0.25) is 0 Å². The first kappa shape index (κ1) is 16.8. The minimum atomic E-state index is -1.03. The number of carbonyl (C=O) groups is 2. The molecule has 1 heterocycles. The number of aliphatic imine (C=N–C) groups is 1. The number of phenolic OH excluding ortho intramolecular Hbond substituents is 1. The van der Waals surface area contributed by atoms with Crippen LogP contribution in [0.2, 0.25) is 0 Å². The van der Waals surface area contributed by atoms with Gasteiger partial charge in [-0.05, 0) is 60.2 Å². The predicted molar refractivity (Wildman–Crippen MR) is 97.1 cm³/mol. The minimum Gasteiger partial charge on any atom is -0.508 e. The van der Waals surface area contributed by atoms with Gasteiger partial charge in [0.15, 0.2) is 5.17 Å². The number of hydrogen-bond acceptors (Lipinski definition) is 5. The number of carboxylic acid groups (broad SMARTS) is 1. The molecule has 0 aliphatic carbocycles. The maximum absolute atomic E-state index is 12.1. The van der Waals surface area contributed by atoms with Gasteiger partial charge in [-0.3, -0.25) is 4.79 Å². The molecular formula is C18H14N2O4S. The van der Waals surface area contributed by atoms with Gasteiger partial charge in [0.05, 0.1) is 16.2 Å². The number of amides is 1. The van der Waals surface area contributed by atoms with Crippen LogP contribution >= 0.6 is 11.8 Å². The predicted octanol–water partition coefficient (Wildman–Crippen LogP) is 3.29. The van der Waals surface area contributed by atoms with E-state index in [0.717, 1.165) is 17.3 Å². The molecule has 0 spiro atoms. The number of aryl methyl sites for hydroxylation is 1. The Hall–Kier alpha value is -3.06. The van der Waals surface area contributed by atoms with Crippen LogP contribution in [0, 0.1) is 6.92 Å². The first-order valence-corrected chi connectivity index (χ1v) is 8.16. The lowest BCUT2D eigenvalue weighted by Crippen LogP contribution is -2.19. The van der Waals surface area contributed by atoms with E-state index in [2.05, 4.69) is 10.3 Å². The number of carbonyl (C=O) groups excluding carboxylic acids is 1. The van der Waals surface area contributed by atoms with Crippen molar-refractivity contribution < 1.29 is 19.8 Å². The van der Waals surface area contributed by atoms with Crippen LogP contribution in [0.1, 0.15) is 21.5 Å². The summed E-state index contributed by atoms with van der Waals surface area (Å²) in [6.07, 6.45) is 1.66. The van der Waals surface area contributed by atoms with Crippen LogP contribution in [0.3, 0.4) is 0 Å². The molecule has 1 saturated heterocycles. The molecule has 1 aliphatic rings. The number of aromatic hydroxyl groups is 1. The van der Waals surface area contributed by atoms with Gasteiger partial charge >= 0.3 is 5.97 Å². The molecular weight excluding hydrogens is 340 g/mol.